The van der Waals surface area contributed by atoms with Gasteiger partial charge in [-0.2, -0.15) is 4.98 Å². The van der Waals surface area contributed by atoms with Crippen molar-refractivity contribution < 1.29 is 5.11 Å². The van der Waals surface area contributed by atoms with Gasteiger partial charge in [-0.3, -0.25) is 0 Å². The highest BCUT2D eigenvalue weighted by atomic mass is 16.3. The monoisotopic (exact) mass is 523 g/mol. The molecular formula is C33H41N5O. The summed E-state index contributed by atoms with van der Waals surface area (Å²) in [5, 5.41) is 19.0. The van der Waals surface area contributed by atoms with Crippen LogP contribution in [0.4, 0.5) is 11.8 Å². The Bertz CT molecular complexity index is 1320. The molecule has 39 heavy (non-hydrogen) atoms. The van der Waals surface area contributed by atoms with Crippen LogP contribution in [0, 0.1) is 5.92 Å². The first-order chi connectivity index (χ1) is 19.1. The molecule has 0 spiro atoms. The Kier molecular flexibility index (Phi) is 9.07. The molecule has 1 atom stereocenters. The molecule has 0 radical (unpaired) electrons. The van der Waals surface area contributed by atoms with Crippen LogP contribution in [0.2, 0.25) is 0 Å². The fourth-order valence-electron chi connectivity index (χ4n) is 5.58. The number of nitrogens with zero attached hydrogens (tertiary/aromatic N) is 3. The van der Waals surface area contributed by atoms with Crippen molar-refractivity contribution in [1.82, 2.24) is 15.3 Å². The molecule has 3 N–H and O–H groups in total. The molecule has 0 saturated heterocycles. The van der Waals surface area contributed by atoms with Crippen LogP contribution in [0.3, 0.4) is 0 Å². The minimum absolute atomic E-state index is 0.413. The van der Waals surface area contributed by atoms with Crippen LogP contribution in [0.15, 0.2) is 78.9 Å². The molecule has 1 aliphatic rings. The van der Waals surface area contributed by atoms with Crippen LogP contribution in [-0.2, 0) is 0 Å². The number of nitrogens with one attached hydrogen (secondary N) is 2. The van der Waals surface area contributed by atoms with E-state index in [1.165, 1.54) is 24.0 Å². The van der Waals surface area contributed by atoms with Gasteiger partial charge in [-0.05, 0) is 86.4 Å². The van der Waals surface area contributed by atoms with E-state index in [9.17, 15) is 5.11 Å². The molecule has 0 aliphatic heterocycles. The molecule has 6 heteroatoms. The van der Waals surface area contributed by atoms with E-state index in [0.29, 0.717) is 12.0 Å². The molecule has 204 valence electrons. The largest absolute Gasteiger partial charge is 0.388 e. The Morgan fingerprint density at radius 1 is 0.846 bits per heavy atom. The topological polar surface area (TPSA) is 73.3 Å². The van der Waals surface area contributed by atoms with Gasteiger partial charge >= 0.3 is 0 Å². The van der Waals surface area contributed by atoms with Crippen LogP contribution in [-0.4, -0.2) is 48.3 Å². The summed E-state index contributed by atoms with van der Waals surface area (Å²) >= 11 is 0. The van der Waals surface area contributed by atoms with Crippen LogP contribution in [0.25, 0.3) is 22.0 Å². The zero-order valence-corrected chi connectivity index (χ0v) is 23.2. The first-order valence-corrected chi connectivity index (χ1v) is 14.3. The van der Waals surface area contributed by atoms with Crippen LogP contribution in [0.1, 0.15) is 50.2 Å². The van der Waals surface area contributed by atoms with Gasteiger partial charge in [-0.15, -0.1) is 0 Å². The summed E-state index contributed by atoms with van der Waals surface area (Å²) in [6.07, 6.45) is 6.00. The van der Waals surface area contributed by atoms with Gasteiger partial charge in [0, 0.05) is 25.5 Å². The molecule has 6 nitrogen and oxygen atoms in total. The van der Waals surface area contributed by atoms with Gasteiger partial charge in [0.15, 0.2) is 0 Å². The molecule has 1 aliphatic carbocycles. The third-order valence-electron chi connectivity index (χ3n) is 7.85. The van der Waals surface area contributed by atoms with E-state index in [1.54, 1.807) is 0 Å². The van der Waals surface area contributed by atoms with Gasteiger partial charge in [0.2, 0.25) is 5.95 Å². The lowest BCUT2D eigenvalue weighted by molar-refractivity contribution is 0.164. The maximum atomic E-state index is 10.6. The second-order valence-electron chi connectivity index (χ2n) is 11.0. The number of hydrogen-bond donors (Lipinski definition) is 3. The summed E-state index contributed by atoms with van der Waals surface area (Å²) in [4.78, 5) is 11.6. The van der Waals surface area contributed by atoms with Crippen molar-refractivity contribution in [3.8, 4) is 11.1 Å². The number of aliphatic hydroxyl groups excluding tert-OH is 1. The zero-order chi connectivity index (χ0) is 27.0. The van der Waals surface area contributed by atoms with Gasteiger partial charge in [0.05, 0.1) is 11.6 Å². The number of anilines is 2. The molecule has 0 bridgehead atoms. The minimum Gasteiger partial charge on any atom is -0.388 e. The van der Waals surface area contributed by atoms with E-state index in [0.717, 1.165) is 67.0 Å². The highest BCUT2D eigenvalue weighted by molar-refractivity contribution is 5.90. The van der Waals surface area contributed by atoms with E-state index in [-0.39, 0.29) is 0 Å². The van der Waals surface area contributed by atoms with Crippen LogP contribution >= 0.6 is 0 Å². The van der Waals surface area contributed by atoms with Crippen molar-refractivity contribution in [3.63, 3.8) is 0 Å². The Morgan fingerprint density at radius 2 is 1.54 bits per heavy atom. The van der Waals surface area contributed by atoms with E-state index in [2.05, 4.69) is 76.2 Å². The van der Waals surface area contributed by atoms with E-state index >= 15 is 0 Å². The van der Waals surface area contributed by atoms with Crippen molar-refractivity contribution in [3.05, 3.63) is 84.4 Å². The maximum Gasteiger partial charge on any atom is 0.225 e. The van der Waals surface area contributed by atoms with Gasteiger partial charge in [0.25, 0.3) is 0 Å². The van der Waals surface area contributed by atoms with Crippen molar-refractivity contribution in [2.75, 3.05) is 37.4 Å². The first kappa shape index (κ1) is 27.1. The molecule has 1 heterocycles. The third-order valence-corrected chi connectivity index (χ3v) is 7.85. The number of aliphatic hydroxyl groups is 1. The average molecular weight is 524 g/mol. The molecular weight excluding hydrogens is 482 g/mol. The number of benzene rings is 3. The van der Waals surface area contributed by atoms with Crippen molar-refractivity contribution in [1.29, 1.82) is 0 Å². The summed E-state index contributed by atoms with van der Waals surface area (Å²) in [6.45, 7) is 1.99. The van der Waals surface area contributed by atoms with Crippen molar-refractivity contribution in [2.45, 2.75) is 50.7 Å². The average Bonchev–Trinajstić information content (AvgIpc) is 2.98. The molecule has 1 saturated carbocycles. The SMILES string of the molecule is CN(C)c1nc(NC2CCC(CNCCCC(O)c3ccc(-c4ccccc4)cc3)CC2)nc2ccccc12. The predicted octanol–water partition coefficient (Wildman–Crippen LogP) is 6.44. The summed E-state index contributed by atoms with van der Waals surface area (Å²) in [5.74, 6) is 2.39. The maximum absolute atomic E-state index is 10.6. The molecule has 0 amide bonds. The summed E-state index contributed by atoms with van der Waals surface area (Å²) in [5.41, 5.74) is 4.36. The Hall–Kier alpha value is -3.48. The number of hydrogen-bond acceptors (Lipinski definition) is 6. The van der Waals surface area contributed by atoms with E-state index in [4.69, 9.17) is 9.97 Å². The van der Waals surface area contributed by atoms with Gasteiger partial charge in [-0.1, -0.05) is 66.7 Å². The normalized spacial score (nSPS) is 18.1. The highest BCUT2D eigenvalue weighted by Gasteiger charge is 2.22. The van der Waals surface area contributed by atoms with E-state index in [1.807, 2.05) is 32.3 Å². The lowest BCUT2D eigenvalue weighted by Crippen LogP contribution is -2.32. The standard InChI is InChI=1S/C33H41N5O/c1-38(2)32-29-11-6-7-12-30(29)36-33(37-32)35-28-20-14-24(15-21-28)23-34-22-8-13-31(39)27-18-16-26(17-19-27)25-9-4-3-5-10-25/h3-7,9-12,16-19,24,28,31,34,39H,8,13-15,20-23H2,1-2H3,(H,35,36,37). The smallest absolute Gasteiger partial charge is 0.225 e. The highest BCUT2D eigenvalue weighted by Crippen LogP contribution is 2.28. The fourth-order valence-corrected chi connectivity index (χ4v) is 5.58. The van der Waals surface area contributed by atoms with E-state index < -0.39 is 6.10 Å². The lowest BCUT2D eigenvalue weighted by atomic mass is 9.86. The van der Waals surface area contributed by atoms with Gasteiger partial charge < -0.3 is 20.6 Å². The molecule has 1 unspecified atom stereocenters. The van der Waals surface area contributed by atoms with Gasteiger partial charge in [0.1, 0.15) is 5.82 Å². The second-order valence-corrected chi connectivity index (χ2v) is 11.0. The fraction of sp³-hybridized carbons (Fsp3) is 0.394. The third kappa shape index (κ3) is 7.14. The Morgan fingerprint density at radius 3 is 2.28 bits per heavy atom. The zero-order valence-electron chi connectivity index (χ0n) is 23.2. The number of para-hydroxylation sites is 1. The molecule has 5 rings (SSSR count). The first-order valence-electron chi connectivity index (χ1n) is 14.3. The Labute approximate surface area is 232 Å². The molecule has 1 fully saturated rings. The lowest BCUT2D eigenvalue weighted by Gasteiger charge is -2.29. The van der Waals surface area contributed by atoms with Crippen LogP contribution in [0.5, 0.6) is 0 Å². The quantitative estimate of drug-likeness (QED) is 0.197. The molecule has 1 aromatic heterocycles. The summed E-state index contributed by atoms with van der Waals surface area (Å²) in [7, 11) is 4.06. The van der Waals surface area contributed by atoms with Crippen LogP contribution < -0.4 is 15.5 Å². The number of aromatic nitrogens is 2. The second kappa shape index (κ2) is 13.0. The molecule has 4 aromatic rings. The summed E-state index contributed by atoms with van der Waals surface area (Å²) < 4.78 is 0. The van der Waals surface area contributed by atoms with Crippen molar-refractivity contribution in [2.24, 2.45) is 5.92 Å². The Balaban J connectivity index is 1.01. The number of fused-ring (bicyclic) bond motifs is 1. The van der Waals surface area contributed by atoms with Gasteiger partial charge in [-0.25, -0.2) is 4.98 Å². The minimum atomic E-state index is -0.413. The predicted molar refractivity (Wildman–Crippen MR) is 162 cm³/mol. The van der Waals surface area contributed by atoms with Crippen molar-refractivity contribution >= 4 is 22.7 Å². The molecule has 3 aromatic carbocycles. The number of rotatable bonds is 11. The summed E-state index contributed by atoms with van der Waals surface area (Å²) in [6, 6.07) is 27.3.